The average molecular weight is 265 g/mol. The molecule has 1 atom stereocenters. The number of nitrogens with zero attached hydrogens (tertiary/aromatic N) is 1. The van der Waals surface area contributed by atoms with Crippen molar-refractivity contribution in [2.24, 2.45) is 0 Å². The van der Waals surface area contributed by atoms with Crippen LogP contribution in [0.1, 0.15) is 31.0 Å². The molecule has 0 aliphatic heterocycles. The van der Waals surface area contributed by atoms with Gasteiger partial charge in [-0.05, 0) is 25.0 Å². The summed E-state index contributed by atoms with van der Waals surface area (Å²) in [5.41, 5.74) is 1.77. The molecule has 0 aromatic carbocycles. The summed E-state index contributed by atoms with van der Waals surface area (Å²) in [7, 11) is 0. The highest BCUT2D eigenvalue weighted by Crippen LogP contribution is 1.99. The smallest absolute Gasteiger partial charge is 0.326 e. The first-order valence-electron chi connectivity index (χ1n) is 6.21. The fourth-order valence-electron chi connectivity index (χ4n) is 1.54. The molecule has 3 N–H and O–H groups in total. The van der Waals surface area contributed by atoms with Gasteiger partial charge >= 0.3 is 12.0 Å². The van der Waals surface area contributed by atoms with Gasteiger partial charge in [0.05, 0.1) is 0 Å². The molecule has 0 fully saturated rings. The molecule has 2 amide bonds. The standard InChI is InChI=1S/C13H19N3O3/c1-3-4-11(12(17)18)16-13(19)15-8-10-6-5-9(2)14-7-10/h5-7,11H,3-4,8H2,1-2H3,(H,17,18)(H2,15,16,19)/t11-/m1/s1. The van der Waals surface area contributed by atoms with Gasteiger partial charge in [0.25, 0.3) is 0 Å². The third kappa shape index (κ3) is 5.37. The SMILES string of the molecule is CCC[C@@H](NC(=O)NCc1ccc(C)nc1)C(=O)O. The van der Waals surface area contributed by atoms with Gasteiger partial charge in [-0.25, -0.2) is 9.59 Å². The van der Waals surface area contributed by atoms with E-state index in [9.17, 15) is 9.59 Å². The molecule has 1 heterocycles. The van der Waals surface area contributed by atoms with Crippen molar-refractivity contribution in [3.05, 3.63) is 29.6 Å². The predicted molar refractivity (Wildman–Crippen MR) is 70.7 cm³/mol. The van der Waals surface area contributed by atoms with Crippen molar-refractivity contribution in [3.63, 3.8) is 0 Å². The minimum Gasteiger partial charge on any atom is -0.480 e. The lowest BCUT2D eigenvalue weighted by Crippen LogP contribution is -2.45. The van der Waals surface area contributed by atoms with Crippen LogP contribution in [0.15, 0.2) is 18.3 Å². The first kappa shape index (κ1) is 14.9. The van der Waals surface area contributed by atoms with E-state index in [0.717, 1.165) is 11.3 Å². The fourth-order valence-corrected chi connectivity index (χ4v) is 1.54. The summed E-state index contributed by atoms with van der Waals surface area (Å²) in [6, 6.07) is 2.39. The van der Waals surface area contributed by atoms with E-state index in [-0.39, 0.29) is 0 Å². The quantitative estimate of drug-likeness (QED) is 0.726. The summed E-state index contributed by atoms with van der Waals surface area (Å²) in [6.45, 7) is 4.07. The Labute approximate surface area is 112 Å². The van der Waals surface area contributed by atoms with Crippen LogP contribution >= 0.6 is 0 Å². The van der Waals surface area contributed by atoms with E-state index in [4.69, 9.17) is 5.11 Å². The number of nitrogens with one attached hydrogen (secondary N) is 2. The van der Waals surface area contributed by atoms with Crippen molar-refractivity contribution in [1.82, 2.24) is 15.6 Å². The highest BCUT2D eigenvalue weighted by molar-refractivity contribution is 5.82. The number of carboxylic acids is 1. The minimum absolute atomic E-state index is 0.317. The maximum atomic E-state index is 11.6. The van der Waals surface area contributed by atoms with Crippen molar-refractivity contribution in [2.45, 2.75) is 39.3 Å². The summed E-state index contributed by atoms with van der Waals surface area (Å²) in [5.74, 6) is -1.02. The van der Waals surface area contributed by atoms with E-state index in [1.165, 1.54) is 0 Å². The Hall–Kier alpha value is -2.11. The molecule has 0 unspecified atom stereocenters. The maximum absolute atomic E-state index is 11.6. The third-order valence-electron chi connectivity index (χ3n) is 2.61. The van der Waals surface area contributed by atoms with E-state index >= 15 is 0 Å². The zero-order valence-corrected chi connectivity index (χ0v) is 11.1. The Bertz CT molecular complexity index is 431. The lowest BCUT2D eigenvalue weighted by Gasteiger charge is -2.14. The summed E-state index contributed by atoms with van der Waals surface area (Å²) < 4.78 is 0. The molecule has 0 saturated heterocycles. The van der Waals surface area contributed by atoms with Gasteiger partial charge in [0, 0.05) is 18.4 Å². The molecular formula is C13H19N3O3. The lowest BCUT2D eigenvalue weighted by molar-refractivity contribution is -0.139. The second-order valence-corrected chi connectivity index (χ2v) is 4.31. The van der Waals surface area contributed by atoms with E-state index < -0.39 is 18.0 Å². The van der Waals surface area contributed by atoms with E-state index in [1.54, 1.807) is 6.20 Å². The number of urea groups is 1. The van der Waals surface area contributed by atoms with Crippen molar-refractivity contribution >= 4 is 12.0 Å². The van der Waals surface area contributed by atoms with Crippen LogP contribution in [0.25, 0.3) is 0 Å². The number of carbonyl (C=O) groups is 2. The number of amides is 2. The van der Waals surface area contributed by atoms with Crippen molar-refractivity contribution < 1.29 is 14.7 Å². The van der Waals surface area contributed by atoms with Crippen LogP contribution in [-0.2, 0) is 11.3 Å². The Morgan fingerprint density at radius 1 is 1.42 bits per heavy atom. The molecular weight excluding hydrogens is 246 g/mol. The Morgan fingerprint density at radius 2 is 2.16 bits per heavy atom. The molecule has 0 radical (unpaired) electrons. The minimum atomic E-state index is -1.02. The third-order valence-corrected chi connectivity index (χ3v) is 2.61. The number of aromatic nitrogens is 1. The highest BCUT2D eigenvalue weighted by atomic mass is 16.4. The number of hydrogen-bond acceptors (Lipinski definition) is 3. The highest BCUT2D eigenvalue weighted by Gasteiger charge is 2.18. The molecule has 1 rings (SSSR count). The molecule has 0 saturated carbocycles. The van der Waals surface area contributed by atoms with Crippen LogP contribution in [0, 0.1) is 6.92 Å². The van der Waals surface area contributed by atoms with Gasteiger partial charge < -0.3 is 15.7 Å². The molecule has 6 nitrogen and oxygen atoms in total. The van der Waals surface area contributed by atoms with Crippen molar-refractivity contribution in [1.29, 1.82) is 0 Å². The van der Waals surface area contributed by atoms with Gasteiger partial charge in [-0.2, -0.15) is 0 Å². The number of rotatable bonds is 6. The van der Waals surface area contributed by atoms with E-state index in [0.29, 0.717) is 19.4 Å². The Balaban J connectivity index is 2.42. The molecule has 0 aliphatic carbocycles. The zero-order chi connectivity index (χ0) is 14.3. The van der Waals surface area contributed by atoms with Gasteiger partial charge in [-0.1, -0.05) is 19.4 Å². The normalized spacial score (nSPS) is 11.7. The van der Waals surface area contributed by atoms with Crippen molar-refractivity contribution in [3.8, 4) is 0 Å². The van der Waals surface area contributed by atoms with Crippen LogP contribution in [0.5, 0.6) is 0 Å². The Kier molecular flexibility index (Phi) is 5.78. The largest absolute Gasteiger partial charge is 0.480 e. The molecule has 0 spiro atoms. The fraction of sp³-hybridized carbons (Fsp3) is 0.462. The number of pyridine rings is 1. The summed E-state index contributed by atoms with van der Waals surface area (Å²) >= 11 is 0. The van der Waals surface area contributed by atoms with Crippen molar-refractivity contribution in [2.75, 3.05) is 0 Å². The molecule has 0 bridgehead atoms. The summed E-state index contributed by atoms with van der Waals surface area (Å²) in [4.78, 5) is 26.6. The predicted octanol–water partition coefficient (Wildman–Crippen LogP) is 1.44. The number of carboxylic acid groups (broad SMARTS) is 1. The number of aryl methyl sites for hydroxylation is 1. The molecule has 1 aromatic rings. The number of aliphatic carboxylic acids is 1. The molecule has 0 aliphatic rings. The summed E-state index contributed by atoms with van der Waals surface area (Å²) in [5, 5.41) is 14.0. The first-order valence-corrected chi connectivity index (χ1v) is 6.21. The van der Waals surface area contributed by atoms with E-state index in [2.05, 4.69) is 15.6 Å². The van der Waals surface area contributed by atoms with Crippen LogP contribution in [0.4, 0.5) is 4.79 Å². The molecule has 19 heavy (non-hydrogen) atoms. The van der Waals surface area contributed by atoms with Gasteiger partial charge in [0.1, 0.15) is 6.04 Å². The molecule has 104 valence electrons. The summed E-state index contributed by atoms with van der Waals surface area (Å²) in [6.07, 6.45) is 2.78. The van der Waals surface area contributed by atoms with Crippen LogP contribution in [0.2, 0.25) is 0 Å². The average Bonchev–Trinajstić information content (AvgIpc) is 2.37. The van der Waals surface area contributed by atoms with Crippen LogP contribution < -0.4 is 10.6 Å². The monoisotopic (exact) mass is 265 g/mol. The number of hydrogen-bond donors (Lipinski definition) is 3. The Morgan fingerprint density at radius 3 is 2.68 bits per heavy atom. The second-order valence-electron chi connectivity index (χ2n) is 4.31. The maximum Gasteiger partial charge on any atom is 0.326 e. The van der Waals surface area contributed by atoms with Gasteiger partial charge in [-0.15, -0.1) is 0 Å². The molecule has 6 heteroatoms. The van der Waals surface area contributed by atoms with Crippen LogP contribution in [-0.4, -0.2) is 28.1 Å². The molecule has 1 aromatic heterocycles. The van der Waals surface area contributed by atoms with Crippen LogP contribution in [0.3, 0.4) is 0 Å². The lowest BCUT2D eigenvalue weighted by atomic mass is 10.2. The van der Waals surface area contributed by atoms with E-state index in [1.807, 2.05) is 26.0 Å². The zero-order valence-electron chi connectivity index (χ0n) is 11.1. The second kappa shape index (κ2) is 7.35. The van der Waals surface area contributed by atoms with Gasteiger partial charge in [-0.3, -0.25) is 4.98 Å². The van der Waals surface area contributed by atoms with Gasteiger partial charge in [0.15, 0.2) is 0 Å². The number of carbonyl (C=O) groups excluding carboxylic acids is 1. The first-order chi connectivity index (χ1) is 9.02. The topological polar surface area (TPSA) is 91.3 Å². The van der Waals surface area contributed by atoms with Gasteiger partial charge in [0.2, 0.25) is 0 Å².